The minimum Gasteiger partial charge on any atom is -0.456 e. The van der Waals surface area contributed by atoms with Crippen LogP contribution in [0.15, 0.2) is 58.1 Å². The molecule has 0 fully saturated rings. The molecule has 1 N–H and O–H groups in total. The van der Waals surface area contributed by atoms with Crippen LogP contribution in [-0.2, 0) is 15.1 Å². The molecule has 0 amide bonds. The molecule has 0 aliphatic heterocycles. The summed E-state index contributed by atoms with van der Waals surface area (Å²) < 4.78 is 5.95. The summed E-state index contributed by atoms with van der Waals surface area (Å²) in [6.07, 6.45) is 0. The highest BCUT2D eigenvalue weighted by atomic mass is 16.5. The average Bonchev–Trinajstić information content (AvgIpc) is 2.67. The molecule has 28 heavy (non-hydrogen) atoms. The molecule has 0 saturated heterocycles. The fourth-order valence-corrected chi connectivity index (χ4v) is 2.94. The third-order valence-electron chi connectivity index (χ3n) is 4.54. The van der Waals surface area contributed by atoms with Crippen molar-refractivity contribution >= 4 is 22.7 Å². The van der Waals surface area contributed by atoms with Crippen LogP contribution < -0.4 is 11.2 Å². The van der Waals surface area contributed by atoms with Gasteiger partial charge in [-0.1, -0.05) is 42.0 Å². The van der Waals surface area contributed by atoms with Gasteiger partial charge in [-0.15, -0.1) is 0 Å². The average molecular weight is 380 g/mol. The van der Waals surface area contributed by atoms with Crippen molar-refractivity contribution in [3.63, 3.8) is 0 Å². The van der Waals surface area contributed by atoms with Crippen LogP contribution in [0.1, 0.15) is 29.8 Å². The van der Waals surface area contributed by atoms with Crippen LogP contribution in [0.4, 0.5) is 0 Å². The second-order valence-electron chi connectivity index (χ2n) is 7.04. The van der Waals surface area contributed by atoms with Crippen LogP contribution in [-0.4, -0.2) is 27.9 Å². The first-order chi connectivity index (χ1) is 13.2. The maximum absolute atomic E-state index is 12.9. The van der Waals surface area contributed by atoms with E-state index in [1.165, 1.54) is 13.8 Å². The number of Topliss-reactive ketones (excluding diaryl/α,β-unsaturated/α-hetero) is 1. The summed E-state index contributed by atoms with van der Waals surface area (Å²) in [6, 6.07) is 13.5. The molecule has 0 aliphatic rings. The lowest BCUT2D eigenvalue weighted by molar-refractivity contribution is -0.151. The second-order valence-corrected chi connectivity index (χ2v) is 7.04. The number of nitrogens with one attached hydrogen (secondary N) is 1. The topological polar surface area (TPSA) is 98.2 Å². The number of H-pyrrole nitrogens is 1. The highest BCUT2D eigenvalue weighted by molar-refractivity contribution is 5.98. The lowest BCUT2D eigenvalue weighted by Crippen LogP contribution is -2.51. The fourth-order valence-electron chi connectivity index (χ4n) is 2.94. The van der Waals surface area contributed by atoms with Crippen molar-refractivity contribution in [2.24, 2.45) is 0 Å². The third kappa shape index (κ3) is 3.51. The molecule has 1 aromatic heterocycles. The van der Waals surface area contributed by atoms with Gasteiger partial charge in [0, 0.05) is 5.56 Å². The van der Waals surface area contributed by atoms with E-state index in [1.54, 1.807) is 48.5 Å². The molecule has 0 radical (unpaired) electrons. The van der Waals surface area contributed by atoms with Crippen LogP contribution in [0.3, 0.4) is 0 Å². The summed E-state index contributed by atoms with van der Waals surface area (Å²) in [4.78, 5) is 52.7. The Morgan fingerprint density at radius 3 is 2.43 bits per heavy atom. The van der Waals surface area contributed by atoms with E-state index in [2.05, 4.69) is 4.98 Å². The Bertz CT molecular complexity index is 1170. The molecule has 0 spiro atoms. The molecule has 3 rings (SSSR count). The standard InChI is InChI=1S/C21H20N2O5/c1-13-9-10-16-15(11-13)18(25)23(20(27)22-16)21(2,3)19(26)28-12-17(24)14-7-5-4-6-8-14/h4-11H,12H2,1-3H3,(H,22,27). The molecule has 2 aromatic carbocycles. The summed E-state index contributed by atoms with van der Waals surface area (Å²) in [5, 5.41) is 0.292. The van der Waals surface area contributed by atoms with Crippen molar-refractivity contribution in [2.45, 2.75) is 26.3 Å². The maximum Gasteiger partial charge on any atom is 0.332 e. The van der Waals surface area contributed by atoms with E-state index in [0.29, 0.717) is 16.5 Å². The minimum atomic E-state index is -1.60. The fraction of sp³-hybridized carbons (Fsp3) is 0.238. The lowest BCUT2D eigenvalue weighted by Gasteiger charge is -2.24. The van der Waals surface area contributed by atoms with Crippen molar-refractivity contribution in [3.8, 4) is 0 Å². The molecule has 144 valence electrons. The van der Waals surface area contributed by atoms with E-state index < -0.39 is 29.4 Å². The summed E-state index contributed by atoms with van der Waals surface area (Å²) in [6.45, 7) is 4.15. The van der Waals surface area contributed by atoms with E-state index in [0.717, 1.165) is 10.1 Å². The molecule has 0 unspecified atom stereocenters. The van der Waals surface area contributed by atoms with E-state index >= 15 is 0 Å². The number of aromatic nitrogens is 2. The number of carbonyl (C=O) groups excluding carboxylic acids is 2. The van der Waals surface area contributed by atoms with Gasteiger partial charge in [-0.2, -0.15) is 0 Å². The number of esters is 1. The number of aromatic amines is 1. The van der Waals surface area contributed by atoms with Gasteiger partial charge in [-0.25, -0.2) is 14.2 Å². The van der Waals surface area contributed by atoms with Crippen molar-refractivity contribution in [1.29, 1.82) is 0 Å². The zero-order valence-electron chi connectivity index (χ0n) is 15.8. The summed E-state index contributed by atoms with van der Waals surface area (Å²) in [7, 11) is 0. The molecule has 3 aromatic rings. The largest absolute Gasteiger partial charge is 0.456 e. The third-order valence-corrected chi connectivity index (χ3v) is 4.54. The van der Waals surface area contributed by atoms with Crippen LogP contribution in [0.25, 0.3) is 10.9 Å². The Kier molecular flexibility index (Phi) is 5.00. The molecular formula is C21H20N2O5. The first-order valence-electron chi connectivity index (χ1n) is 8.73. The first-order valence-corrected chi connectivity index (χ1v) is 8.73. The van der Waals surface area contributed by atoms with Crippen LogP contribution in [0.5, 0.6) is 0 Å². The Hall–Kier alpha value is -3.48. The van der Waals surface area contributed by atoms with Crippen LogP contribution >= 0.6 is 0 Å². The van der Waals surface area contributed by atoms with Gasteiger partial charge in [-0.3, -0.25) is 9.59 Å². The second kappa shape index (κ2) is 7.26. The predicted molar refractivity (Wildman–Crippen MR) is 105 cm³/mol. The number of hydrogen-bond donors (Lipinski definition) is 1. The molecule has 0 aliphatic carbocycles. The zero-order valence-corrected chi connectivity index (χ0v) is 15.8. The normalized spacial score (nSPS) is 11.4. The quantitative estimate of drug-likeness (QED) is 0.540. The van der Waals surface area contributed by atoms with E-state index in [-0.39, 0.29) is 5.78 Å². The molecule has 7 nitrogen and oxygen atoms in total. The van der Waals surface area contributed by atoms with E-state index in [9.17, 15) is 19.2 Å². The number of ketones is 1. The van der Waals surface area contributed by atoms with Crippen molar-refractivity contribution in [2.75, 3.05) is 6.61 Å². The van der Waals surface area contributed by atoms with Gasteiger partial charge >= 0.3 is 11.7 Å². The molecular weight excluding hydrogens is 360 g/mol. The molecule has 0 atom stereocenters. The Labute approximate surface area is 160 Å². The van der Waals surface area contributed by atoms with Gasteiger partial charge in [0.25, 0.3) is 5.56 Å². The number of aryl methyl sites for hydroxylation is 1. The van der Waals surface area contributed by atoms with Crippen molar-refractivity contribution in [3.05, 3.63) is 80.5 Å². The number of hydrogen-bond acceptors (Lipinski definition) is 5. The molecule has 7 heteroatoms. The highest BCUT2D eigenvalue weighted by Gasteiger charge is 2.35. The number of rotatable bonds is 5. The van der Waals surface area contributed by atoms with Gasteiger partial charge in [0.05, 0.1) is 10.9 Å². The molecule has 1 heterocycles. The van der Waals surface area contributed by atoms with Crippen LogP contribution in [0.2, 0.25) is 0 Å². The summed E-state index contributed by atoms with van der Waals surface area (Å²) >= 11 is 0. The number of nitrogens with zero attached hydrogens (tertiary/aromatic N) is 1. The van der Waals surface area contributed by atoms with Gasteiger partial charge in [0.2, 0.25) is 0 Å². The lowest BCUT2D eigenvalue weighted by atomic mass is 10.0. The smallest absolute Gasteiger partial charge is 0.332 e. The van der Waals surface area contributed by atoms with E-state index in [4.69, 9.17) is 4.74 Å². The Morgan fingerprint density at radius 1 is 1.07 bits per heavy atom. The number of carbonyl (C=O) groups is 2. The Morgan fingerprint density at radius 2 is 1.75 bits per heavy atom. The number of ether oxygens (including phenoxy) is 1. The monoisotopic (exact) mass is 380 g/mol. The summed E-state index contributed by atoms with van der Waals surface area (Å²) in [5.74, 6) is -1.23. The Balaban J connectivity index is 1.91. The first kappa shape index (κ1) is 19.3. The van der Waals surface area contributed by atoms with Crippen LogP contribution in [0, 0.1) is 6.92 Å². The van der Waals surface area contributed by atoms with Gasteiger partial charge in [0.1, 0.15) is 5.54 Å². The van der Waals surface area contributed by atoms with Crippen molar-refractivity contribution in [1.82, 2.24) is 9.55 Å². The summed E-state index contributed by atoms with van der Waals surface area (Å²) in [5.41, 5.74) is -1.28. The maximum atomic E-state index is 12.9. The number of fused-ring (bicyclic) bond motifs is 1. The SMILES string of the molecule is Cc1ccc2[nH]c(=O)n(C(C)(C)C(=O)OCC(=O)c3ccccc3)c(=O)c2c1. The van der Waals surface area contributed by atoms with E-state index in [1.807, 2.05) is 6.92 Å². The van der Waals surface area contributed by atoms with Gasteiger partial charge in [-0.05, 0) is 32.9 Å². The van der Waals surface area contributed by atoms with Crippen molar-refractivity contribution < 1.29 is 14.3 Å². The van der Waals surface area contributed by atoms with Gasteiger partial charge in [0.15, 0.2) is 12.4 Å². The highest BCUT2D eigenvalue weighted by Crippen LogP contribution is 2.16. The van der Waals surface area contributed by atoms with Gasteiger partial charge < -0.3 is 9.72 Å². The number of benzene rings is 2. The minimum absolute atomic E-state index is 0.292. The predicted octanol–water partition coefficient (Wildman–Crippen LogP) is 2.16. The molecule has 0 saturated carbocycles. The zero-order chi connectivity index (χ0) is 20.5. The molecule has 0 bridgehead atoms.